The van der Waals surface area contributed by atoms with Gasteiger partial charge in [-0.25, -0.2) is 4.79 Å². The Morgan fingerprint density at radius 2 is 1.45 bits per heavy atom. The van der Waals surface area contributed by atoms with Gasteiger partial charge in [-0.05, 0) is 53.6 Å². The minimum Gasteiger partial charge on any atom is -0.479 e. The standard InChI is InChI=1S/C25H27NO3/c1-2-29-24(25(27)28)17-20-13-14-23(26)22(16-19-11-7-4-8-12-19)21(20)15-18-9-5-3-6-10-18/h3-14,24H,2,15-17,26H2,1H3,(H,27,28). The molecule has 0 saturated carbocycles. The summed E-state index contributed by atoms with van der Waals surface area (Å²) in [6.07, 6.45) is 0.840. The van der Waals surface area contributed by atoms with E-state index < -0.39 is 12.1 Å². The van der Waals surface area contributed by atoms with Gasteiger partial charge in [-0.1, -0.05) is 66.7 Å². The number of aliphatic carboxylic acids is 1. The second-order valence-electron chi connectivity index (χ2n) is 7.08. The van der Waals surface area contributed by atoms with E-state index in [0.717, 1.165) is 27.9 Å². The van der Waals surface area contributed by atoms with Gasteiger partial charge < -0.3 is 15.6 Å². The maximum absolute atomic E-state index is 11.7. The molecule has 3 rings (SSSR count). The Labute approximate surface area is 172 Å². The first-order chi connectivity index (χ1) is 14.1. The number of benzene rings is 3. The molecule has 3 N–H and O–H groups in total. The molecule has 1 unspecified atom stereocenters. The van der Waals surface area contributed by atoms with Crippen LogP contribution in [-0.4, -0.2) is 23.8 Å². The summed E-state index contributed by atoms with van der Waals surface area (Å²) < 4.78 is 5.47. The van der Waals surface area contributed by atoms with E-state index in [0.29, 0.717) is 25.9 Å². The van der Waals surface area contributed by atoms with Crippen molar-refractivity contribution < 1.29 is 14.6 Å². The molecule has 0 aliphatic carbocycles. The number of rotatable bonds is 9. The molecule has 0 spiro atoms. The average Bonchev–Trinajstić information content (AvgIpc) is 2.73. The SMILES string of the molecule is CCOC(Cc1ccc(N)c(Cc2ccccc2)c1Cc1ccccc1)C(=O)O. The quantitative estimate of drug-likeness (QED) is 0.529. The Morgan fingerprint density at radius 1 is 0.897 bits per heavy atom. The Bertz CT molecular complexity index is 939. The summed E-state index contributed by atoms with van der Waals surface area (Å²) in [5.74, 6) is -0.945. The van der Waals surface area contributed by atoms with Crippen LogP contribution in [0.4, 0.5) is 5.69 Å². The van der Waals surface area contributed by atoms with Gasteiger partial charge in [0.25, 0.3) is 0 Å². The van der Waals surface area contributed by atoms with Gasteiger partial charge in [-0.15, -0.1) is 0 Å². The van der Waals surface area contributed by atoms with Crippen molar-refractivity contribution in [2.45, 2.75) is 32.3 Å². The Balaban J connectivity index is 2.04. The molecule has 3 aromatic rings. The van der Waals surface area contributed by atoms with Gasteiger partial charge in [-0.2, -0.15) is 0 Å². The second-order valence-corrected chi connectivity index (χ2v) is 7.08. The van der Waals surface area contributed by atoms with Crippen LogP contribution in [0.25, 0.3) is 0 Å². The fourth-order valence-corrected chi connectivity index (χ4v) is 3.60. The van der Waals surface area contributed by atoms with E-state index in [4.69, 9.17) is 10.5 Å². The van der Waals surface area contributed by atoms with Crippen LogP contribution in [0.3, 0.4) is 0 Å². The van der Waals surface area contributed by atoms with E-state index in [1.54, 1.807) is 0 Å². The lowest BCUT2D eigenvalue weighted by Gasteiger charge is -2.20. The zero-order chi connectivity index (χ0) is 20.6. The summed E-state index contributed by atoms with van der Waals surface area (Å²) in [5.41, 5.74) is 12.6. The first kappa shape index (κ1) is 20.6. The van der Waals surface area contributed by atoms with Crippen molar-refractivity contribution >= 4 is 11.7 Å². The molecule has 0 aliphatic heterocycles. The van der Waals surface area contributed by atoms with Crippen molar-refractivity contribution in [1.29, 1.82) is 0 Å². The van der Waals surface area contributed by atoms with Crippen LogP contribution >= 0.6 is 0 Å². The highest BCUT2D eigenvalue weighted by atomic mass is 16.5. The molecule has 0 amide bonds. The minimum atomic E-state index is -0.945. The molecule has 4 heteroatoms. The molecule has 0 heterocycles. The van der Waals surface area contributed by atoms with E-state index >= 15 is 0 Å². The molecule has 3 aromatic carbocycles. The minimum absolute atomic E-state index is 0.313. The molecule has 0 saturated heterocycles. The van der Waals surface area contributed by atoms with E-state index in [9.17, 15) is 9.90 Å². The van der Waals surface area contributed by atoms with E-state index in [1.807, 2.05) is 55.5 Å². The number of nitrogen functional groups attached to an aromatic ring is 1. The molecule has 1 atom stereocenters. The normalized spacial score (nSPS) is 11.9. The summed E-state index contributed by atoms with van der Waals surface area (Å²) in [7, 11) is 0. The lowest BCUT2D eigenvalue weighted by molar-refractivity contribution is -0.149. The smallest absolute Gasteiger partial charge is 0.333 e. The topological polar surface area (TPSA) is 72.5 Å². The van der Waals surface area contributed by atoms with Crippen LogP contribution in [0.5, 0.6) is 0 Å². The van der Waals surface area contributed by atoms with Crippen LogP contribution in [0.2, 0.25) is 0 Å². The third kappa shape index (κ3) is 5.46. The molecule has 29 heavy (non-hydrogen) atoms. The first-order valence-electron chi connectivity index (χ1n) is 9.89. The van der Waals surface area contributed by atoms with Gasteiger partial charge in [0.05, 0.1) is 0 Å². The molecular formula is C25H27NO3. The fraction of sp³-hybridized carbons (Fsp3) is 0.240. The van der Waals surface area contributed by atoms with Gasteiger partial charge >= 0.3 is 5.97 Å². The Kier molecular flexibility index (Phi) is 7.04. The van der Waals surface area contributed by atoms with Crippen molar-refractivity contribution in [3.63, 3.8) is 0 Å². The zero-order valence-electron chi connectivity index (χ0n) is 16.7. The third-order valence-electron chi connectivity index (χ3n) is 5.06. The van der Waals surface area contributed by atoms with Crippen molar-refractivity contribution in [2.24, 2.45) is 0 Å². The summed E-state index contributed by atoms with van der Waals surface area (Å²) in [6, 6.07) is 24.2. The lowest BCUT2D eigenvalue weighted by atomic mass is 9.88. The molecule has 0 fully saturated rings. The molecular weight excluding hydrogens is 362 g/mol. The molecule has 4 nitrogen and oxygen atoms in total. The van der Waals surface area contributed by atoms with Crippen LogP contribution in [0.15, 0.2) is 72.8 Å². The number of carbonyl (C=O) groups is 1. The summed E-state index contributed by atoms with van der Waals surface area (Å²) in [4.78, 5) is 11.7. The van der Waals surface area contributed by atoms with Crippen LogP contribution in [-0.2, 0) is 28.8 Å². The van der Waals surface area contributed by atoms with Crippen LogP contribution in [0, 0.1) is 0 Å². The number of hydrogen-bond acceptors (Lipinski definition) is 3. The molecule has 0 bridgehead atoms. The second kappa shape index (κ2) is 9.89. The van der Waals surface area contributed by atoms with Gasteiger partial charge in [0, 0.05) is 18.7 Å². The zero-order valence-corrected chi connectivity index (χ0v) is 16.7. The maximum atomic E-state index is 11.7. The summed E-state index contributed by atoms with van der Waals surface area (Å²) in [6.45, 7) is 2.17. The third-order valence-corrected chi connectivity index (χ3v) is 5.06. The average molecular weight is 389 g/mol. The number of anilines is 1. The van der Waals surface area contributed by atoms with E-state index in [-0.39, 0.29) is 0 Å². The lowest BCUT2D eigenvalue weighted by Crippen LogP contribution is -2.27. The van der Waals surface area contributed by atoms with Gasteiger partial charge in [0.2, 0.25) is 0 Å². The Morgan fingerprint density at radius 3 is 1.97 bits per heavy atom. The van der Waals surface area contributed by atoms with Crippen molar-refractivity contribution in [2.75, 3.05) is 12.3 Å². The predicted molar refractivity (Wildman–Crippen MR) is 116 cm³/mol. The summed E-state index contributed by atoms with van der Waals surface area (Å²) >= 11 is 0. The van der Waals surface area contributed by atoms with E-state index in [2.05, 4.69) is 24.3 Å². The highest BCUT2D eigenvalue weighted by Gasteiger charge is 2.22. The van der Waals surface area contributed by atoms with Crippen molar-refractivity contribution in [3.05, 3.63) is 101 Å². The number of nitrogens with two attached hydrogens (primary N) is 1. The number of ether oxygens (including phenoxy) is 1. The number of carboxylic acid groups (broad SMARTS) is 1. The molecule has 150 valence electrons. The predicted octanol–water partition coefficient (Wildman–Crippen LogP) is 4.48. The first-order valence-corrected chi connectivity index (χ1v) is 9.89. The van der Waals surface area contributed by atoms with Gasteiger partial charge in [0.1, 0.15) is 0 Å². The van der Waals surface area contributed by atoms with E-state index in [1.165, 1.54) is 5.56 Å². The van der Waals surface area contributed by atoms with Gasteiger partial charge in [0.15, 0.2) is 6.10 Å². The van der Waals surface area contributed by atoms with Crippen molar-refractivity contribution in [3.8, 4) is 0 Å². The number of carboxylic acids is 1. The fourth-order valence-electron chi connectivity index (χ4n) is 3.60. The van der Waals surface area contributed by atoms with Crippen LogP contribution < -0.4 is 5.73 Å². The molecule has 0 aromatic heterocycles. The molecule has 0 radical (unpaired) electrons. The highest BCUT2D eigenvalue weighted by molar-refractivity contribution is 5.73. The summed E-state index contributed by atoms with van der Waals surface area (Å²) in [5, 5.41) is 9.56. The Hall–Kier alpha value is -3.11. The largest absolute Gasteiger partial charge is 0.479 e. The van der Waals surface area contributed by atoms with Gasteiger partial charge in [-0.3, -0.25) is 0 Å². The monoisotopic (exact) mass is 389 g/mol. The van der Waals surface area contributed by atoms with Crippen molar-refractivity contribution in [1.82, 2.24) is 0 Å². The molecule has 0 aliphatic rings. The number of hydrogen-bond donors (Lipinski definition) is 2. The van der Waals surface area contributed by atoms with Crippen LogP contribution in [0.1, 0.15) is 34.7 Å². The highest BCUT2D eigenvalue weighted by Crippen LogP contribution is 2.28. The maximum Gasteiger partial charge on any atom is 0.333 e.